The molecular formula is C23H29FO6. The van der Waals surface area contributed by atoms with Crippen LogP contribution in [0.15, 0.2) is 11.6 Å². The molecule has 2 bridgehead atoms. The summed E-state index contributed by atoms with van der Waals surface area (Å²) in [5.41, 5.74) is -5.64. The molecule has 3 saturated carbocycles. The van der Waals surface area contributed by atoms with E-state index in [-0.39, 0.29) is 25.0 Å². The smallest absolute Gasteiger partial charge is 0.227 e. The summed E-state index contributed by atoms with van der Waals surface area (Å²) in [5, 5.41) is 11.3. The van der Waals surface area contributed by atoms with Gasteiger partial charge in [-0.15, -0.1) is 0 Å². The Balaban J connectivity index is 1.71. The second-order valence-corrected chi connectivity index (χ2v) is 10.4. The molecule has 7 heteroatoms. The first-order valence-electron chi connectivity index (χ1n) is 11.0. The Morgan fingerprint density at radius 1 is 1.23 bits per heavy atom. The van der Waals surface area contributed by atoms with Gasteiger partial charge in [-0.1, -0.05) is 19.4 Å². The largest absolute Gasteiger partial charge is 0.390 e. The van der Waals surface area contributed by atoms with Crippen LogP contribution in [0.4, 0.5) is 4.39 Å². The average molecular weight is 420 g/mol. The lowest BCUT2D eigenvalue weighted by molar-refractivity contribution is -0.385. The first-order valence-corrected chi connectivity index (χ1v) is 11.0. The number of aliphatic hydroxyl groups excluding tert-OH is 1. The highest BCUT2D eigenvalue weighted by atomic mass is 19.1. The number of ether oxygens (including phenoxy) is 2. The molecule has 1 N–H and O–H groups in total. The molecule has 5 rings (SSSR count). The van der Waals surface area contributed by atoms with Crippen LogP contribution in [0.1, 0.15) is 65.7 Å². The lowest BCUT2D eigenvalue weighted by Gasteiger charge is -2.69. The normalized spacial score (nSPS) is 54.5. The third-order valence-electron chi connectivity index (χ3n) is 9.54. The van der Waals surface area contributed by atoms with Crippen LogP contribution in [0.2, 0.25) is 0 Å². The summed E-state index contributed by atoms with van der Waals surface area (Å²) in [6, 6.07) is 0. The number of ketones is 2. The number of Topliss-reactive ketones (excluding diaryl/α,β-unsaturated/α-hetero) is 1. The number of fused-ring (bicyclic) bond motifs is 3. The van der Waals surface area contributed by atoms with Crippen molar-refractivity contribution in [1.29, 1.82) is 0 Å². The second-order valence-electron chi connectivity index (χ2n) is 10.4. The number of hydrogen-bond donors (Lipinski definition) is 1. The molecule has 0 aromatic carbocycles. The van der Waals surface area contributed by atoms with Crippen molar-refractivity contribution in [2.75, 3.05) is 0 Å². The molecule has 4 fully saturated rings. The number of carbonyl (C=O) groups is 3. The van der Waals surface area contributed by atoms with E-state index in [4.69, 9.17) is 9.47 Å². The number of hydrogen-bond acceptors (Lipinski definition) is 6. The zero-order valence-corrected chi connectivity index (χ0v) is 17.7. The van der Waals surface area contributed by atoms with E-state index in [1.54, 1.807) is 13.0 Å². The predicted molar refractivity (Wildman–Crippen MR) is 103 cm³/mol. The molecule has 5 aliphatic rings. The molecular weight excluding hydrogens is 391 g/mol. The third kappa shape index (κ3) is 1.94. The minimum absolute atomic E-state index is 0.00484. The molecule has 0 aromatic rings. The van der Waals surface area contributed by atoms with Crippen LogP contribution in [0.3, 0.4) is 0 Å². The minimum Gasteiger partial charge on any atom is -0.390 e. The topological polar surface area (TPSA) is 89.9 Å². The Hall–Kier alpha value is -1.44. The standard InChI is InChI=1S/C23H29FO6/c1-13-29-21-8-9-22(30-13,18(28)12-25)20(21,3)11-17(27)23(24)16(21)5-4-14-10-15(26)6-7-19(14,23)2/h10,12-13,16-17,27H,4-9,11H2,1-3H3/t13?,16-,17-,19-,20-,21+,22+,23-/m0/s1. The molecule has 1 saturated heterocycles. The molecule has 8 atom stereocenters. The van der Waals surface area contributed by atoms with Crippen LogP contribution in [0.5, 0.6) is 0 Å². The lowest BCUT2D eigenvalue weighted by atomic mass is 9.42. The van der Waals surface area contributed by atoms with Crippen LogP contribution in [-0.4, -0.2) is 52.2 Å². The van der Waals surface area contributed by atoms with E-state index >= 15 is 4.39 Å². The fraction of sp³-hybridized carbons (Fsp3) is 0.783. The minimum atomic E-state index is -1.99. The molecule has 0 radical (unpaired) electrons. The van der Waals surface area contributed by atoms with E-state index in [2.05, 4.69) is 0 Å². The van der Waals surface area contributed by atoms with Crippen LogP contribution in [-0.2, 0) is 23.9 Å². The predicted octanol–water partition coefficient (Wildman–Crippen LogP) is 2.60. The zero-order valence-electron chi connectivity index (χ0n) is 17.7. The Bertz CT molecular complexity index is 885. The van der Waals surface area contributed by atoms with Crippen LogP contribution in [0.25, 0.3) is 0 Å². The first kappa shape index (κ1) is 20.5. The summed E-state index contributed by atoms with van der Waals surface area (Å²) in [4.78, 5) is 36.4. The quantitative estimate of drug-likeness (QED) is 0.546. The van der Waals surface area contributed by atoms with Crippen molar-refractivity contribution in [2.24, 2.45) is 16.7 Å². The fourth-order valence-electron chi connectivity index (χ4n) is 8.11. The van der Waals surface area contributed by atoms with Gasteiger partial charge in [-0.05, 0) is 51.5 Å². The summed E-state index contributed by atoms with van der Waals surface area (Å²) in [6.07, 6.45) is 1.92. The molecule has 0 amide bonds. The average Bonchev–Trinajstić information content (AvgIpc) is 2.82. The van der Waals surface area contributed by atoms with Gasteiger partial charge < -0.3 is 14.6 Å². The number of halogens is 1. The van der Waals surface area contributed by atoms with Crippen molar-refractivity contribution in [1.82, 2.24) is 0 Å². The van der Waals surface area contributed by atoms with Gasteiger partial charge in [0.2, 0.25) is 5.78 Å². The Kier molecular flexibility index (Phi) is 4.00. The van der Waals surface area contributed by atoms with Crippen LogP contribution < -0.4 is 0 Å². The Labute approximate surface area is 175 Å². The molecule has 1 unspecified atom stereocenters. The van der Waals surface area contributed by atoms with Gasteiger partial charge in [0.1, 0.15) is 5.60 Å². The highest BCUT2D eigenvalue weighted by Crippen LogP contribution is 2.75. The molecule has 1 heterocycles. The highest BCUT2D eigenvalue weighted by Gasteiger charge is 2.83. The maximum absolute atomic E-state index is 17.3. The maximum Gasteiger partial charge on any atom is 0.227 e. The molecule has 6 nitrogen and oxygen atoms in total. The van der Waals surface area contributed by atoms with Gasteiger partial charge in [0.05, 0.1) is 11.7 Å². The summed E-state index contributed by atoms with van der Waals surface area (Å²) in [5.74, 6) is -1.32. The molecule has 0 spiro atoms. The number of allylic oxidation sites excluding steroid dienone is 1. The fourth-order valence-corrected chi connectivity index (χ4v) is 8.11. The van der Waals surface area contributed by atoms with Crippen molar-refractivity contribution in [2.45, 2.75) is 95.0 Å². The van der Waals surface area contributed by atoms with Crippen molar-refractivity contribution in [3.63, 3.8) is 0 Å². The zero-order chi connectivity index (χ0) is 21.7. The van der Waals surface area contributed by atoms with Crippen molar-refractivity contribution in [3.8, 4) is 0 Å². The van der Waals surface area contributed by atoms with Gasteiger partial charge in [-0.3, -0.25) is 14.4 Å². The monoisotopic (exact) mass is 420 g/mol. The van der Waals surface area contributed by atoms with Crippen LogP contribution in [0, 0.1) is 16.7 Å². The van der Waals surface area contributed by atoms with Crippen LogP contribution >= 0.6 is 0 Å². The Morgan fingerprint density at radius 2 is 1.97 bits per heavy atom. The molecule has 1 aliphatic heterocycles. The number of aldehydes is 1. The van der Waals surface area contributed by atoms with E-state index in [1.807, 2.05) is 13.8 Å². The van der Waals surface area contributed by atoms with Gasteiger partial charge in [0.25, 0.3) is 0 Å². The van der Waals surface area contributed by atoms with E-state index in [1.165, 1.54) is 0 Å². The van der Waals surface area contributed by atoms with Gasteiger partial charge in [-0.25, -0.2) is 4.39 Å². The molecule has 4 aliphatic carbocycles. The number of aliphatic hydroxyl groups is 1. The van der Waals surface area contributed by atoms with E-state index in [0.717, 1.165) is 5.57 Å². The highest BCUT2D eigenvalue weighted by molar-refractivity contribution is 6.29. The first-order chi connectivity index (χ1) is 14.0. The van der Waals surface area contributed by atoms with Gasteiger partial charge in [0.15, 0.2) is 24.0 Å². The van der Waals surface area contributed by atoms with E-state index in [0.29, 0.717) is 32.0 Å². The van der Waals surface area contributed by atoms with Gasteiger partial charge in [0, 0.05) is 23.2 Å². The van der Waals surface area contributed by atoms with E-state index < -0.39 is 51.8 Å². The SMILES string of the molecule is CC1O[C@@]2(C(=O)C=O)CC[C@@]3(O1)[C@@H]1CCC4=CC(=O)CC[C@]4(C)[C@@]1(F)[C@@H](O)C[C@]23C. The number of alkyl halides is 1. The summed E-state index contributed by atoms with van der Waals surface area (Å²) < 4.78 is 29.7. The number of rotatable bonds is 2. The summed E-state index contributed by atoms with van der Waals surface area (Å²) in [6.45, 7) is 5.31. The third-order valence-corrected chi connectivity index (χ3v) is 9.54. The number of carbonyl (C=O) groups excluding carboxylic acids is 3. The second kappa shape index (κ2) is 5.87. The van der Waals surface area contributed by atoms with E-state index in [9.17, 15) is 19.5 Å². The van der Waals surface area contributed by atoms with Crippen molar-refractivity contribution >= 4 is 17.9 Å². The summed E-state index contributed by atoms with van der Waals surface area (Å²) >= 11 is 0. The molecule has 0 aromatic heterocycles. The van der Waals surface area contributed by atoms with Crippen molar-refractivity contribution < 1.29 is 33.4 Å². The van der Waals surface area contributed by atoms with Gasteiger partial charge >= 0.3 is 0 Å². The Morgan fingerprint density at radius 3 is 2.67 bits per heavy atom. The van der Waals surface area contributed by atoms with Gasteiger partial charge in [-0.2, -0.15) is 0 Å². The maximum atomic E-state index is 17.3. The molecule has 164 valence electrons. The lowest BCUT2D eigenvalue weighted by Crippen LogP contribution is -2.78. The van der Waals surface area contributed by atoms with Crippen molar-refractivity contribution in [3.05, 3.63) is 11.6 Å². The molecule has 30 heavy (non-hydrogen) atoms. The summed E-state index contributed by atoms with van der Waals surface area (Å²) in [7, 11) is 0.